The molecule has 0 aliphatic heterocycles. The number of aromatic nitrogens is 2. The number of rotatable bonds is 3. The molecule has 0 radical (unpaired) electrons. The van der Waals surface area contributed by atoms with Crippen LogP contribution in [0, 0.1) is 6.92 Å². The number of benzene rings is 1. The minimum atomic E-state index is 0.653. The highest BCUT2D eigenvalue weighted by Crippen LogP contribution is 2.23. The molecule has 2 rings (SSSR count). The number of nitrogens with zero attached hydrogens (tertiary/aromatic N) is 2. The fourth-order valence-corrected chi connectivity index (χ4v) is 2.28. The Hall–Kier alpha value is -1.13. The SMILES string of the molecule is Cc1nc(-c2ccc(Br)cc2)n(C)c1CCN. The summed E-state index contributed by atoms with van der Waals surface area (Å²) in [6.45, 7) is 2.69. The van der Waals surface area contributed by atoms with E-state index in [-0.39, 0.29) is 0 Å². The lowest BCUT2D eigenvalue weighted by atomic mass is 10.2. The van der Waals surface area contributed by atoms with Crippen LogP contribution in [0.1, 0.15) is 11.4 Å². The molecule has 0 bridgehead atoms. The Morgan fingerprint density at radius 1 is 1.29 bits per heavy atom. The molecule has 0 saturated heterocycles. The van der Waals surface area contributed by atoms with Crippen molar-refractivity contribution < 1.29 is 0 Å². The summed E-state index contributed by atoms with van der Waals surface area (Å²) in [4.78, 5) is 4.62. The van der Waals surface area contributed by atoms with Gasteiger partial charge in [0, 0.05) is 29.2 Å². The van der Waals surface area contributed by atoms with Crippen LogP contribution in [0.5, 0.6) is 0 Å². The first-order valence-electron chi connectivity index (χ1n) is 5.61. The van der Waals surface area contributed by atoms with E-state index < -0.39 is 0 Å². The second kappa shape index (κ2) is 5.02. The van der Waals surface area contributed by atoms with Gasteiger partial charge >= 0.3 is 0 Å². The lowest BCUT2D eigenvalue weighted by molar-refractivity contribution is 0.805. The second-order valence-electron chi connectivity index (χ2n) is 4.07. The molecule has 2 aromatic rings. The first-order valence-corrected chi connectivity index (χ1v) is 6.41. The number of nitrogens with two attached hydrogens (primary N) is 1. The van der Waals surface area contributed by atoms with Crippen molar-refractivity contribution in [1.29, 1.82) is 0 Å². The smallest absolute Gasteiger partial charge is 0.140 e. The summed E-state index contributed by atoms with van der Waals surface area (Å²) < 4.78 is 3.21. The monoisotopic (exact) mass is 293 g/mol. The maximum atomic E-state index is 5.62. The van der Waals surface area contributed by atoms with Crippen molar-refractivity contribution >= 4 is 15.9 Å². The van der Waals surface area contributed by atoms with Crippen molar-refractivity contribution in [1.82, 2.24) is 9.55 Å². The maximum absolute atomic E-state index is 5.62. The molecule has 0 saturated carbocycles. The number of hydrogen-bond donors (Lipinski definition) is 1. The van der Waals surface area contributed by atoms with E-state index >= 15 is 0 Å². The fourth-order valence-electron chi connectivity index (χ4n) is 2.01. The summed E-state index contributed by atoms with van der Waals surface area (Å²) in [7, 11) is 2.04. The lowest BCUT2D eigenvalue weighted by Gasteiger charge is -2.05. The van der Waals surface area contributed by atoms with Gasteiger partial charge in [0.1, 0.15) is 5.82 Å². The molecule has 0 aliphatic rings. The number of aryl methyl sites for hydroxylation is 1. The molecule has 3 nitrogen and oxygen atoms in total. The summed E-state index contributed by atoms with van der Waals surface area (Å²) in [5.74, 6) is 0.999. The van der Waals surface area contributed by atoms with Gasteiger partial charge in [0.05, 0.1) is 5.69 Å². The first-order chi connectivity index (χ1) is 8.13. The van der Waals surface area contributed by atoms with Gasteiger partial charge in [-0.15, -0.1) is 0 Å². The molecule has 0 fully saturated rings. The van der Waals surface area contributed by atoms with E-state index in [4.69, 9.17) is 5.73 Å². The summed E-state index contributed by atoms with van der Waals surface area (Å²) in [5.41, 5.74) is 9.02. The van der Waals surface area contributed by atoms with Crippen LogP contribution in [0.3, 0.4) is 0 Å². The Morgan fingerprint density at radius 2 is 1.94 bits per heavy atom. The van der Waals surface area contributed by atoms with Crippen LogP contribution >= 0.6 is 15.9 Å². The van der Waals surface area contributed by atoms with Gasteiger partial charge in [-0.25, -0.2) is 4.98 Å². The van der Waals surface area contributed by atoms with Gasteiger partial charge in [-0.3, -0.25) is 0 Å². The summed E-state index contributed by atoms with van der Waals surface area (Å²) >= 11 is 3.44. The molecule has 0 amide bonds. The van der Waals surface area contributed by atoms with Crippen molar-refractivity contribution in [3.63, 3.8) is 0 Å². The largest absolute Gasteiger partial charge is 0.331 e. The molecule has 4 heteroatoms. The Morgan fingerprint density at radius 3 is 2.53 bits per heavy atom. The molecule has 90 valence electrons. The predicted octanol–water partition coefficient (Wildman–Crippen LogP) is 2.66. The van der Waals surface area contributed by atoms with Crippen LogP contribution in [-0.2, 0) is 13.5 Å². The van der Waals surface area contributed by atoms with Gasteiger partial charge in [0.2, 0.25) is 0 Å². The van der Waals surface area contributed by atoms with Gasteiger partial charge in [0.25, 0.3) is 0 Å². The molecule has 0 spiro atoms. The third-order valence-electron chi connectivity index (χ3n) is 2.90. The Bertz CT molecular complexity index is 514. The van der Waals surface area contributed by atoms with Crippen LogP contribution in [-0.4, -0.2) is 16.1 Å². The van der Waals surface area contributed by atoms with E-state index in [9.17, 15) is 0 Å². The van der Waals surface area contributed by atoms with Crippen molar-refractivity contribution in [2.24, 2.45) is 12.8 Å². The molecule has 0 aliphatic carbocycles. The standard InChI is InChI=1S/C13H16BrN3/c1-9-12(7-8-15)17(2)13(16-9)10-3-5-11(14)6-4-10/h3-6H,7-8,15H2,1-2H3. The van der Waals surface area contributed by atoms with Gasteiger partial charge in [-0.2, -0.15) is 0 Å². The van der Waals surface area contributed by atoms with Crippen LogP contribution in [0.4, 0.5) is 0 Å². The number of halogens is 1. The van der Waals surface area contributed by atoms with Gasteiger partial charge in [-0.05, 0) is 25.6 Å². The van der Waals surface area contributed by atoms with Gasteiger partial charge < -0.3 is 10.3 Å². The molecule has 1 aromatic heterocycles. The predicted molar refractivity (Wildman–Crippen MR) is 73.8 cm³/mol. The fraction of sp³-hybridized carbons (Fsp3) is 0.308. The Kier molecular flexibility index (Phi) is 3.64. The van der Waals surface area contributed by atoms with Crippen LogP contribution in [0.25, 0.3) is 11.4 Å². The van der Waals surface area contributed by atoms with E-state index in [0.29, 0.717) is 6.54 Å². The average Bonchev–Trinajstić information content (AvgIpc) is 2.59. The van der Waals surface area contributed by atoms with E-state index in [2.05, 4.69) is 37.6 Å². The minimum absolute atomic E-state index is 0.653. The zero-order chi connectivity index (χ0) is 12.4. The molecular formula is C13H16BrN3. The Balaban J connectivity index is 2.46. The highest BCUT2D eigenvalue weighted by Gasteiger charge is 2.11. The van der Waals surface area contributed by atoms with Crippen molar-refractivity contribution in [2.75, 3.05) is 6.54 Å². The van der Waals surface area contributed by atoms with E-state index in [1.54, 1.807) is 0 Å². The third-order valence-corrected chi connectivity index (χ3v) is 3.43. The normalized spacial score (nSPS) is 10.8. The third kappa shape index (κ3) is 2.42. The molecule has 1 aromatic carbocycles. The molecule has 17 heavy (non-hydrogen) atoms. The van der Waals surface area contributed by atoms with Crippen LogP contribution in [0.15, 0.2) is 28.7 Å². The summed E-state index contributed by atoms with van der Waals surface area (Å²) in [5, 5.41) is 0. The minimum Gasteiger partial charge on any atom is -0.331 e. The average molecular weight is 294 g/mol. The van der Waals surface area contributed by atoms with E-state index in [0.717, 1.165) is 28.0 Å². The van der Waals surface area contributed by atoms with Gasteiger partial charge in [-0.1, -0.05) is 28.1 Å². The van der Waals surface area contributed by atoms with Crippen LogP contribution < -0.4 is 5.73 Å². The zero-order valence-electron chi connectivity index (χ0n) is 10.1. The highest BCUT2D eigenvalue weighted by atomic mass is 79.9. The van der Waals surface area contributed by atoms with E-state index in [1.807, 2.05) is 26.1 Å². The summed E-state index contributed by atoms with van der Waals surface area (Å²) in [6, 6.07) is 8.19. The number of imidazole rings is 1. The maximum Gasteiger partial charge on any atom is 0.140 e. The summed E-state index contributed by atoms with van der Waals surface area (Å²) in [6.07, 6.45) is 0.867. The topological polar surface area (TPSA) is 43.8 Å². The highest BCUT2D eigenvalue weighted by molar-refractivity contribution is 9.10. The van der Waals surface area contributed by atoms with Crippen molar-refractivity contribution in [3.8, 4) is 11.4 Å². The molecular weight excluding hydrogens is 278 g/mol. The van der Waals surface area contributed by atoms with Crippen molar-refractivity contribution in [3.05, 3.63) is 40.1 Å². The van der Waals surface area contributed by atoms with Crippen LogP contribution in [0.2, 0.25) is 0 Å². The molecule has 1 heterocycles. The molecule has 0 unspecified atom stereocenters. The zero-order valence-corrected chi connectivity index (χ0v) is 11.7. The quantitative estimate of drug-likeness (QED) is 0.945. The molecule has 0 atom stereocenters. The Labute approximate surface area is 110 Å². The number of hydrogen-bond acceptors (Lipinski definition) is 2. The second-order valence-corrected chi connectivity index (χ2v) is 4.99. The van der Waals surface area contributed by atoms with E-state index in [1.165, 1.54) is 5.69 Å². The van der Waals surface area contributed by atoms with Crippen molar-refractivity contribution in [2.45, 2.75) is 13.3 Å². The molecule has 2 N–H and O–H groups in total. The first kappa shape index (κ1) is 12.3. The lowest BCUT2D eigenvalue weighted by Crippen LogP contribution is -2.08. The van der Waals surface area contributed by atoms with Gasteiger partial charge in [0.15, 0.2) is 0 Å².